The Morgan fingerprint density at radius 3 is 2.95 bits per heavy atom. The van der Waals surface area contributed by atoms with Crippen molar-refractivity contribution >= 4 is 16.9 Å². The lowest BCUT2D eigenvalue weighted by atomic mass is 10.0. The monoisotopic (exact) mass is 291 g/mol. The first-order valence-electron chi connectivity index (χ1n) is 6.82. The summed E-state index contributed by atoms with van der Waals surface area (Å²) in [6.45, 7) is 2.02. The van der Waals surface area contributed by atoms with Crippen molar-refractivity contribution in [3.8, 4) is 0 Å². The fourth-order valence-corrected chi connectivity index (χ4v) is 2.48. The van der Waals surface area contributed by atoms with E-state index in [1.165, 1.54) is 6.07 Å². The van der Waals surface area contributed by atoms with Gasteiger partial charge in [-0.05, 0) is 23.8 Å². The van der Waals surface area contributed by atoms with E-state index in [0.717, 1.165) is 10.9 Å². The fraction of sp³-hybridized carbons (Fsp3) is 0.400. The van der Waals surface area contributed by atoms with E-state index in [2.05, 4.69) is 5.32 Å². The molecule has 3 rings (SSSR count). The number of carboxylic acid groups (broad SMARTS) is 1. The van der Waals surface area contributed by atoms with Gasteiger partial charge in [0.25, 0.3) is 0 Å². The van der Waals surface area contributed by atoms with E-state index in [9.17, 15) is 9.90 Å². The minimum absolute atomic E-state index is 0.0625. The molecule has 0 saturated carbocycles. The van der Waals surface area contributed by atoms with E-state index in [1.807, 2.05) is 12.1 Å². The molecule has 2 heterocycles. The zero-order valence-electron chi connectivity index (χ0n) is 11.5. The average molecular weight is 291 g/mol. The van der Waals surface area contributed by atoms with Crippen molar-refractivity contribution in [2.24, 2.45) is 0 Å². The van der Waals surface area contributed by atoms with Crippen molar-refractivity contribution in [3.63, 3.8) is 0 Å². The molecule has 2 aromatic rings. The van der Waals surface area contributed by atoms with Gasteiger partial charge >= 0.3 is 5.97 Å². The third-order valence-electron chi connectivity index (χ3n) is 3.66. The maximum absolute atomic E-state index is 10.9. The Balaban J connectivity index is 1.65. The van der Waals surface area contributed by atoms with E-state index in [-0.39, 0.29) is 5.76 Å². The van der Waals surface area contributed by atoms with Crippen LogP contribution in [0.15, 0.2) is 28.7 Å². The highest BCUT2D eigenvalue weighted by Crippen LogP contribution is 2.21. The van der Waals surface area contributed by atoms with Crippen LogP contribution in [0.3, 0.4) is 0 Å². The van der Waals surface area contributed by atoms with Gasteiger partial charge in [0.2, 0.25) is 5.76 Å². The Kier molecular flexibility index (Phi) is 3.67. The summed E-state index contributed by atoms with van der Waals surface area (Å²) in [5.41, 5.74) is 0.776. The standard InChI is InChI=1S/C15H17NO5/c17-14(18)13-6-11-5-10(1-2-12(11)21-13)7-16-8-15(19)3-4-20-9-15/h1-2,5-6,16,19H,3-4,7-9H2,(H,17,18). The summed E-state index contributed by atoms with van der Waals surface area (Å²) in [6.07, 6.45) is 0.642. The van der Waals surface area contributed by atoms with Crippen LogP contribution in [-0.2, 0) is 11.3 Å². The molecule has 1 aliphatic heterocycles. The molecular formula is C15H17NO5. The van der Waals surface area contributed by atoms with Gasteiger partial charge in [-0.25, -0.2) is 4.79 Å². The van der Waals surface area contributed by atoms with Crippen LogP contribution in [-0.4, -0.2) is 41.5 Å². The van der Waals surface area contributed by atoms with Gasteiger partial charge in [-0.2, -0.15) is 0 Å². The Labute approximate surface area is 121 Å². The Morgan fingerprint density at radius 2 is 2.24 bits per heavy atom. The molecule has 1 atom stereocenters. The van der Waals surface area contributed by atoms with Crippen molar-refractivity contribution in [3.05, 3.63) is 35.6 Å². The lowest BCUT2D eigenvalue weighted by Crippen LogP contribution is -2.40. The van der Waals surface area contributed by atoms with Gasteiger partial charge < -0.3 is 24.7 Å². The smallest absolute Gasteiger partial charge is 0.371 e. The van der Waals surface area contributed by atoms with Crippen LogP contribution in [0.5, 0.6) is 0 Å². The van der Waals surface area contributed by atoms with Crippen LogP contribution in [0.1, 0.15) is 22.5 Å². The maximum Gasteiger partial charge on any atom is 0.371 e. The number of hydrogen-bond donors (Lipinski definition) is 3. The highest BCUT2D eigenvalue weighted by atomic mass is 16.5. The van der Waals surface area contributed by atoms with Crippen LogP contribution in [0.4, 0.5) is 0 Å². The zero-order valence-corrected chi connectivity index (χ0v) is 11.5. The molecule has 1 unspecified atom stereocenters. The molecule has 0 bridgehead atoms. The molecule has 1 saturated heterocycles. The third-order valence-corrected chi connectivity index (χ3v) is 3.66. The molecule has 3 N–H and O–H groups in total. The quantitative estimate of drug-likeness (QED) is 0.770. The topological polar surface area (TPSA) is 91.9 Å². The number of carbonyl (C=O) groups is 1. The van der Waals surface area contributed by atoms with Crippen LogP contribution < -0.4 is 5.32 Å². The van der Waals surface area contributed by atoms with Gasteiger partial charge in [-0.15, -0.1) is 0 Å². The summed E-state index contributed by atoms with van der Waals surface area (Å²) in [7, 11) is 0. The van der Waals surface area contributed by atoms with Gasteiger partial charge in [-0.3, -0.25) is 0 Å². The molecule has 1 aliphatic rings. The number of fused-ring (bicyclic) bond motifs is 1. The molecule has 6 heteroatoms. The lowest BCUT2D eigenvalue weighted by molar-refractivity contribution is 0.0268. The minimum atomic E-state index is -1.07. The second-order valence-electron chi connectivity index (χ2n) is 5.42. The van der Waals surface area contributed by atoms with E-state index in [1.54, 1.807) is 6.07 Å². The molecule has 0 aliphatic carbocycles. The Bertz CT molecular complexity index is 657. The maximum atomic E-state index is 10.9. The number of aromatic carboxylic acids is 1. The van der Waals surface area contributed by atoms with E-state index in [4.69, 9.17) is 14.3 Å². The van der Waals surface area contributed by atoms with Crippen molar-refractivity contribution in [1.82, 2.24) is 5.32 Å². The fourth-order valence-electron chi connectivity index (χ4n) is 2.48. The van der Waals surface area contributed by atoms with Gasteiger partial charge in [0.05, 0.1) is 6.61 Å². The van der Waals surface area contributed by atoms with E-state index >= 15 is 0 Å². The van der Waals surface area contributed by atoms with Gasteiger partial charge in [0, 0.05) is 31.5 Å². The summed E-state index contributed by atoms with van der Waals surface area (Å²) in [6, 6.07) is 7.03. The lowest BCUT2D eigenvalue weighted by Gasteiger charge is -2.20. The summed E-state index contributed by atoms with van der Waals surface area (Å²) < 4.78 is 10.4. The first-order valence-corrected chi connectivity index (χ1v) is 6.82. The third kappa shape index (κ3) is 3.07. The molecule has 1 fully saturated rings. The van der Waals surface area contributed by atoms with Crippen LogP contribution in [0.25, 0.3) is 11.0 Å². The molecule has 6 nitrogen and oxygen atoms in total. The second kappa shape index (κ2) is 5.48. The molecule has 112 valence electrons. The van der Waals surface area contributed by atoms with Crippen LogP contribution in [0.2, 0.25) is 0 Å². The molecular weight excluding hydrogens is 274 g/mol. The molecule has 21 heavy (non-hydrogen) atoms. The highest BCUT2D eigenvalue weighted by Gasteiger charge is 2.31. The normalized spacial score (nSPS) is 22.0. The first kappa shape index (κ1) is 14.1. The average Bonchev–Trinajstić information content (AvgIpc) is 3.05. The predicted molar refractivity (Wildman–Crippen MR) is 75.3 cm³/mol. The van der Waals surface area contributed by atoms with E-state index < -0.39 is 11.6 Å². The first-order chi connectivity index (χ1) is 10.1. The number of furan rings is 1. The predicted octanol–water partition coefficient (Wildman–Crippen LogP) is 1.37. The number of benzene rings is 1. The summed E-state index contributed by atoms with van der Waals surface area (Å²) in [5, 5.41) is 23.0. The molecule has 0 amide bonds. The van der Waals surface area contributed by atoms with Crippen LogP contribution in [0, 0.1) is 0 Å². The number of aliphatic hydroxyl groups is 1. The number of ether oxygens (including phenoxy) is 1. The number of nitrogens with one attached hydrogen (secondary N) is 1. The second-order valence-corrected chi connectivity index (χ2v) is 5.42. The minimum Gasteiger partial charge on any atom is -0.475 e. The molecule has 0 radical (unpaired) electrons. The molecule has 1 aromatic carbocycles. The number of hydrogen-bond acceptors (Lipinski definition) is 5. The van der Waals surface area contributed by atoms with Gasteiger partial charge in [-0.1, -0.05) is 6.07 Å². The van der Waals surface area contributed by atoms with Crippen molar-refractivity contribution in [2.75, 3.05) is 19.8 Å². The van der Waals surface area contributed by atoms with Crippen molar-refractivity contribution < 1.29 is 24.2 Å². The number of carboxylic acids is 1. The zero-order chi connectivity index (χ0) is 14.9. The highest BCUT2D eigenvalue weighted by molar-refractivity contribution is 5.91. The SMILES string of the molecule is O=C(O)c1cc2cc(CNCC3(O)CCOC3)ccc2o1. The van der Waals surface area contributed by atoms with E-state index in [0.29, 0.717) is 38.3 Å². The summed E-state index contributed by atoms with van der Waals surface area (Å²) >= 11 is 0. The van der Waals surface area contributed by atoms with Crippen molar-refractivity contribution in [1.29, 1.82) is 0 Å². The van der Waals surface area contributed by atoms with Crippen molar-refractivity contribution in [2.45, 2.75) is 18.6 Å². The summed E-state index contributed by atoms with van der Waals surface area (Å²) in [5.74, 6) is -1.14. The van der Waals surface area contributed by atoms with Gasteiger partial charge in [0.1, 0.15) is 11.2 Å². The summed E-state index contributed by atoms with van der Waals surface area (Å²) in [4.78, 5) is 10.9. The molecule has 1 aromatic heterocycles. The Morgan fingerprint density at radius 1 is 1.38 bits per heavy atom. The Hall–Kier alpha value is -1.89. The van der Waals surface area contributed by atoms with Crippen LogP contribution >= 0.6 is 0 Å². The largest absolute Gasteiger partial charge is 0.475 e. The van der Waals surface area contributed by atoms with Gasteiger partial charge in [0.15, 0.2) is 0 Å². The molecule has 0 spiro atoms. The number of rotatable bonds is 5.